The van der Waals surface area contributed by atoms with Crippen LogP contribution in [0, 0.1) is 18.3 Å². The smallest absolute Gasteiger partial charge is 0.350 e. The molecule has 0 amide bonds. The first-order valence-electron chi connectivity index (χ1n) is 6.80. The molecule has 1 aromatic carbocycles. The fourth-order valence-corrected chi connectivity index (χ4v) is 2.12. The van der Waals surface area contributed by atoms with Gasteiger partial charge in [-0.25, -0.2) is 9.59 Å². The highest BCUT2D eigenvalue weighted by molar-refractivity contribution is 6.15. The zero-order valence-corrected chi connectivity index (χ0v) is 13.2. The molecule has 7 nitrogen and oxygen atoms in total. The maximum absolute atomic E-state index is 11.9. The molecule has 1 saturated heterocycles. The van der Waals surface area contributed by atoms with Gasteiger partial charge in [-0.05, 0) is 19.1 Å². The largest absolute Gasteiger partial charge is 0.496 e. The van der Waals surface area contributed by atoms with Gasteiger partial charge in [0.2, 0.25) is 0 Å². The predicted molar refractivity (Wildman–Crippen MR) is 80.4 cm³/mol. The van der Waals surface area contributed by atoms with E-state index in [-0.39, 0.29) is 5.57 Å². The lowest BCUT2D eigenvalue weighted by atomic mass is 10.1. The van der Waals surface area contributed by atoms with Gasteiger partial charge < -0.3 is 19.5 Å². The third-order valence-electron chi connectivity index (χ3n) is 3.23. The number of anilines is 1. The van der Waals surface area contributed by atoms with E-state index in [2.05, 4.69) is 5.32 Å². The van der Waals surface area contributed by atoms with Crippen LogP contribution in [-0.4, -0.2) is 24.8 Å². The van der Waals surface area contributed by atoms with Crippen LogP contribution in [-0.2, 0) is 19.1 Å². The molecule has 0 saturated carbocycles. The van der Waals surface area contributed by atoms with E-state index in [4.69, 9.17) is 14.2 Å². The predicted octanol–water partition coefficient (Wildman–Crippen LogP) is 2.01. The number of rotatable bonds is 3. The van der Waals surface area contributed by atoms with Gasteiger partial charge in [-0.3, -0.25) is 0 Å². The fourth-order valence-electron chi connectivity index (χ4n) is 2.12. The van der Waals surface area contributed by atoms with Crippen LogP contribution in [0.2, 0.25) is 0 Å². The average molecular weight is 316 g/mol. The Morgan fingerprint density at radius 1 is 1.26 bits per heavy atom. The van der Waals surface area contributed by atoms with Crippen molar-refractivity contribution >= 4 is 17.6 Å². The molecular weight excluding hydrogens is 300 g/mol. The zero-order valence-electron chi connectivity index (χ0n) is 13.2. The Hall–Kier alpha value is -3.01. The molecule has 23 heavy (non-hydrogen) atoms. The van der Waals surface area contributed by atoms with Crippen molar-refractivity contribution in [1.29, 1.82) is 5.26 Å². The summed E-state index contributed by atoms with van der Waals surface area (Å²) < 4.78 is 15.2. The number of benzene rings is 1. The molecule has 1 fully saturated rings. The quantitative estimate of drug-likeness (QED) is 0.517. The molecular formula is C16H16N2O5. The number of carbonyl (C=O) groups is 2. The number of hydrogen-bond donors (Lipinski definition) is 1. The molecule has 0 aromatic heterocycles. The average Bonchev–Trinajstić information content (AvgIpc) is 2.46. The normalized spacial score (nSPS) is 16.0. The lowest BCUT2D eigenvalue weighted by Gasteiger charge is -2.29. The topological polar surface area (TPSA) is 97.7 Å². The van der Waals surface area contributed by atoms with Crippen LogP contribution < -0.4 is 10.1 Å². The number of hydrogen-bond acceptors (Lipinski definition) is 7. The standard InChI is InChI=1S/C16H16N2O5/c1-9-12(21-4)6-5-10(7-17)13(9)18-8-11-14(19)22-16(2,3)23-15(11)20/h5-6,8,18H,1-4H3. The number of cyclic esters (lactones) is 2. The van der Waals surface area contributed by atoms with Crippen molar-refractivity contribution in [2.24, 2.45) is 0 Å². The monoisotopic (exact) mass is 316 g/mol. The fraction of sp³-hybridized carbons (Fsp3) is 0.312. The minimum atomic E-state index is -1.30. The van der Waals surface area contributed by atoms with Crippen LogP contribution in [0.15, 0.2) is 23.9 Å². The van der Waals surface area contributed by atoms with Gasteiger partial charge in [-0.15, -0.1) is 0 Å². The Bertz CT molecular complexity index is 722. The molecule has 1 aliphatic heterocycles. The molecule has 0 spiro atoms. The molecule has 7 heteroatoms. The summed E-state index contributed by atoms with van der Waals surface area (Å²) in [5.74, 6) is -2.31. The maximum atomic E-state index is 11.9. The molecule has 2 rings (SSSR count). The van der Waals surface area contributed by atoms with E-state index >= 15 is 0 Å². The summed E-state index contributed by atoms with van der Waals surface area (Å²) in [5.41, 5.74) is 1.17. The van der Waals surface area contributed by atoms with Crippen molar-refractivity contribution in [2.75, 3.05) is 12.4 Å². The van der Waals surface area contributed by atoms with Crippen LogP contribution in [0.3, 0.4) is 0 Å². The van der Waals surface area contributed by atoms with Crippen LogP contribution >= 0.6 is 0 Å². The van der Waals surface area contributed by atoms with E-state index in [9.17, 15) is 14.9 Å². The Kier molecular flexibility index (Phi) is 4.27. The summed E-state index contributed by atoms with van der Waals surface area (Å²) in [7, 11) is 1.51. The number of methoxy groups -OCH3 is 1. The molecule has 0 atom stereocenters. The van der Waals surface area contributed by atoms with Gasteiger partial charge in [0.05, 0.1) is 18.4 Å². The van der Waals surface area contributed by atoms with Crippen molar-refractivity contribution in [2.45, 2.75) is 26.6 Å². The van der Waals surface area contributed by atoms with Crippen molar-refractivity contribution in [3.8, 4) is 11.8 Å². The molecule has 1 aromatic rings. The third-order valence-corrected chi connectivity index (χ3v) is 3.23. The molecule has 1 N–H and O–H groups in total. The highest BCUT2D eigenvalue weighted by Crippen LogP contribution is 2.30. The van der Waals surface area contributed by atoms with Gasteiger partial charge >= 0.3 is 11.9 Å². The van der Waals surface area contributed by atoms with Gasteiger partial charge in [-0.1, -0.05) is 0 Å². The Balaban J connectivity index is 2.35. The minimum Gasteiger partial charge on any atom is -0.496 e. The number of esters is 2. The van der Waals surface area contributed by atoms with Gasteiger partial charge in [0.1, 0.15) is 11.8 Å². The third kappa shape index (κ3) is 3.26. The van der Waals surface area contributed by atoms with Crippen LogP contribution in [0.5, 0.6) is 5.75 Å². The maximum Gasteiger partial charge on any atom is 0.350 e. The van der Waals surface area contributed by atoms with Crippen molar-refractivity contribution in [1.82, 2.24) is 0 Å². The van der Waals surface area contributed by atoms with Gasteiger partial charge in [-0.2, -0.15) is 5.26 Å². The van der Waals surface area contributed by atoms with Crippen molar-refractivity contribution in [3.05, 3.63) is 35.0 Å². The first kappa shape index (κ1) is 16.4. The second-order valence-corrected chi connectivity index (χ2v) is 5.31. The van der Waals surface area contributed by atoms with Gasteiger partial charge in [0, 0.05) is 25.6 Å². The summed E-state index contributed by atoms with van der Waals surface area (Å²) >= 11 is 0. The molecule has 0 aliphatic carbocycles. The van der Waals surface area contributed by atoms with Crippen LogP contribution in [0.1, 0.15) is 25.0 Å². The molecule has 120 valence electrons. The van der Waals surface area contributed by atoms with E-state index < -0.39 is 17.7 Å². The number of nitrogens with zero attached hydrogens (tertiary/aromatic N) is 1. The Morgan fingerprint density at radius 2 is 1.87 bits per heavy atom. The lowest BCUT2D eigenvalue weighted by Crippen LogP contribution is -2.42. The zero-order chi connectivity index (χ0) is 17.2. The van der Waals surface area contributed by atoms with Crippen molar-refractivity contribution in [3.63, 3.8) is 0 Å². The highest BCUT2D eigenvalue weighted by atomic mass is 16.7. The minimum absolute atomic E-state index is 0.282. The second-order valence-electron chi connectivity index (χ2n) is 5.31. The summed E-state index contributed by atoms with van der Waals surface area (Å²) in [6.45, 7) is 4.68. The van der Waals surface area contributed by atoms with E-state index in [0.717, 1.165) is 0 Å². The van der Waals surface area contributed by atoms with Crippen LogP contribution in [0.4, 0.5) is 5.69 Å². The molecule has 0 bridgehead atoms. The second kappa shape index (κ2) is 6.01. The number of nitrogens with one attached hydrogen (secondary N) is 1. The van der Waals surface area contributed by atoms with Gasteiger partial charge in [0.25, 0.3) is 5.79 Å². The molecule has 0 radical (unpaired) electrons. The number of carbonyl (C=O) groups excluding carboxylic acids is 2. The molecule has 0 unspecified atom stereocenters. The van der Waals surface area contributed by atoms with E-state index in [1.165, 1.54) is 27.2 Å². The van der Waals surface area contributed by atoms with Crippen LogP contribution in [0.25, 0.3) is 0 Å². The number of nitriles is 1. The van der Waals surface area contributed by atoms with E-state index in [1.54, 1.807) is 19.1 Å². The first-order chi connectivity index (χ1) is 10.8. The lowest BCUT2D eigenvalue weighted by molar-refractivity contribution is -0.222. The van der Waals surface area contributed by atoms with E-state index in [0.29, 0.717) is 22.6 Å². The first-order valence-corrected chi connectivity index (χ1v) is 6.80. The molecule has 1 aliphatic rings. The number of ether oxygens (including phenoxy) is 3. The highest BCUT2D eigenvalue weighted by Gasteiger charge is 2.39. The summed E-state index contributed by atoms with van der Waals surface area (Å²) in [6, 6.07) is 5.27. The Morgan fingerprint density at radius 3 is 2.39 bits per heavy atom. The molecule has 1 heterocycles. The van der Waals surface area contributed by atoms with E-state index in [1.807, 2.05) is 6.07 Å². The Labute approximate surface area is 133 Å². The summed E-state index contributed by atoms with van der Waals surface area (Å²) in [5, 5.41) is 12.0. The SMILES string of the molecule is COc1ccc(C#N)c(NC=C2C(=O)OC(C)(C)OC2=O)c1C. The van der Waals surface area contributed by atoms with Crippen molar-refractivity contribution < 1.29 is 23.8 Å². The van der Waals surface area contributed by atoms with Gasteiger partial charge in [0.15, 0.2) is 5.57 Å². The summed E-state index contributed by atoms with van der Waals surface area (Å²) in [4.78, 5) is 23.8. The summed E-state index contributed by atoms with van der Waals surface area (Å²) in [6.07, 6.45) is 1.17.